The van der Waals surface area contributed by atoms with Crippen LogP contribution in [0.25, 0.3) is 0 Å². The molecule has 6 heteroatoms. The smallest absolute Gasteiger partial charge is 0.269 e. The number of ketones is 1. The predicted molar refractivity (Wildman–Crippen MR) is 62.8 cm³/mol. The molecule has 0 aliphatic carbocycles. The van der Waals surface area contributed by atoms with Gasteiger partial charge in [-0.05, 0) is 5.56 Å². The number of hydrogen-bond donors (Lipinski definition) is 0. The van der Waals surface area contributed by atoms with Gasteiger partial charge in [0.1, 0.15) is 5.78 Å². The molecular weight excluding hydrogens is 236 g/mol. The van der Waals surface area contributed by atoms with E-state index in [1.54, 1.807) is 17.0 Å². The summed E-state index contributed by atoms with van der Waals surface area (Å²) in [4.78, 5) is 34.3. The summed E-state index contributed by atoms with van der Waals surface area (Å²) >= 11 is 0. The number of Topliss-reactive ketones (excluding diaryl/α,β-unsaturated/α-hetero) is 1. The Morgan fingerprint density at radius 2 is 1.89 bits per heavy atom. The van der Waals surface area contributed by atoms with Crippen LogP contribution in [0.15, 0.2) is 24.3 Å². The summed E-state index contributed by atoms with van der Waals surface area (Å²) in [7, 11) is 0. The number of likely N-dealkylation sites (tertiary alicyclic amines) is 1. The molecule has 0 bridgehead atoms. The van der Waals surface area contributed by atoms with Crippen LogP contribution < -0.4 is 0 Å². The minimum atomic E-state index is -0.464. The van der Waals surface area contributed by atoms with Gasteiger partial charge in [-0.1, -0.05) is 12.1 Å². The first-order valence-electron chi connectivity index (χ1n) is 5.59. The van der Waals surface area contributed by atoms with E-state index in [2.05, 4.69) is 0 Å². The Hall–Kier alpha value is -2.24. The Balaban J connectivity index is 2.03. The zero-order chi connectivity index (χ0) is 13.1. The van der Waals surface area contributed by atoms with E-state index in [-0.39, 0.29) is 23.8 Å². The summed E-state index contributed by atoms with van der Waals surface area (Å²) in [6.07, 6.45) is 0.353. The first-order valence-corrected chi connectivity index (χ1v) is 5.59. The van der Waals surface area contributed by atoms with Crippen LogP contribution in [0.2, 0.25) is 0 Å². The lowest BCUT2D eigenvalue weighted by Gasteiger charge is -2.26. The van der Waals surface area contributed by atoms with Crippen LogP contribution >= 0.6 is 0 Å². The van der Waals surface area contributed by atoms with Gasteiger partial charge in [0.15, 0.2) is 0 Å². The summed E-state index contributed by atoms with van der Waals surface area (Å²) < 4.78 is 0. The average Bonchev–Trinajstić information content (AvgIpc) is 2.33. The van der Waals surface area contributed by atoms with Crippen LogP contribution in [0.5, 0.6) is 0 Å². The molecule has 0 atom stereocenters. The second-order valence-electron chi connectivity index (χ2n) is 4.20. The van der Waals surface area contributed by atoms with Crippen LogP contribution in [0.3, 0.4) is 0 Å². The van der Waals surface area contributed by atoms with Gasteiger partial charge in [0.25, 0.3) is 5.69 Å². The van der Waals surface area contributed by atoms with Crippen molar-refractivity contribution in [1.82, 2.24) is 4.90 Å². The van der Waals surface area contributed by atoms with Gasteiger partial charge in [-0.3, -0.25) is 19.7 Å². The van der Waals surface area contributed by atoms with Crippen molar-refractivity contribution in [2.24, 2.45) is 0 Å². The number of piperidine rings is 1. The number of nitro benzene ring substituents is 1. The van der Waals surface area contributed by atoms with Gasteiger partial charge >= 0.3 is 0 Å². The predicted octanol–water partition coefficient (Wildman–Crippen LogP) is 1.29. The molecule has 1 aromatic carbocycles. The minimum absolute atomic E-state index is 0.0268. The van der Waals surface area contributed by atoms with Gasteiger partial charge in [-0.15, -0.1) is 0 Å². The molecule has 1 aromatic rings. The highest BCUT2D eigenvalue weighted by Gasteiger charge is 2.23. The highest BCUT2D eigenvalue weighted by Crippen LogP contribution is 2.16. The molecule has 0 saturated carbocycles. The number of amides is 1. The third kappa shape index (κ3) is 2.71. The molecule has 1 heterocycles. The second kappa shape index (κ2) is 4.95. The van der Waals surface area contributed by atoms with Crippen molar-refractivity contribution in [3.8, 4) is 0 Å². The van der Waals surface area contributed by atoms with Crippen molar-refractivity contribution in [3.05, 3.63) is 39.9 Å². The maximum Gasteiger partial charge on any atom is 0.269 e. The number of hydrogen-bond acceptors (Lipinski definition) is 4. The molecule has 2 rings (SSSR count). The SMILES string of the molecule is O=C1CCN(Cc2ccc([N+](=O)[O-])cc2)C(=O)C1. The summed E-state index contributed by atoms with van der Waals surface area (Å²) in [5, 5.41) is 10.5. The molecule has 6 nitrogen and oxygen atoms in total. The fourth-order valence-corrected chi connectivity index (χ4v) is 1.86. The molecule has 0 spiro atoms. The Kier molecular flexibility index (Phi) is 3.36. The van der Waals surface area contributed by atoms with E-state index in [1.165, 1.54) is 12.1 Å². The number of carbonyl (C=O) groups is 2. The lowest BCUT2D eigenvalue weighted by Crippen LogP contribution is -2.38. The molecule has 0 aromatic heterocycles. The van der Waals surface area contributed by atoms with E-state index in [1.807, 2.05) is 0 Å². The number of rotatable bonds is 3. The topological polar surface area (TPSA) is 80.5 Å². The maximum absolute atomic E-state index is 11.6. The molecule has 1 amide bonds. The van der Waals surface area contributed by atoms with Crippen molar-refractivity contribution in [1.29, 1.82) is 0 Å². The summed E-state index contributed by atoms with van der Waals surface area (Å²) in [6.45, 7) is 0.818. The largest absolute Gasteiger partial charge is 0.338 e. The van der Waals surface area contributed by atoms with Crippen LogP contribution in [0.1, 0.15) is 18.4 Å². The van der Waals surface area contributed by atoms with Crippen molar-refractivity contribution >= 4 is 17.4 Å². The Labute approximate surface area is 103 Å². The molecule has 1 saturated heterocycles. The van der Waals surface area contributed by atoms with E-state index in [0.717, 1.165) is 5.56 Å². The van der Waals surface area contributed by atoms with Crippen molar-refractivity contribution in [2.75, 3.05) is 6.54 Å². The molecule has 1 fully saturated rings. The van der Waals surface area contributed by atoms with E-state index in [0.29, 0.717) is 19.5 Å². The molecule has 0 N–H and O–H groups in total. The zero-order valence-electron chi connectivity index (χ0n) is 9.67. The summed E-state index contributed by atoms with van der Waals surface area (Å²) in [6, 6.07) is 6.08. The molecular formula is C12H12N2O4. The van der Waals surface area contributed by atoms with Gasteiger partial charge in [-0.2, -0.15) is 0 Å². The third-order valence-electron chi connectivity index (χ3n) is 2.88. The van der Waals surface area contributed by atoms with Crippen LogP contribution in [-0.2, 0) is 16.1 Å². The number of nitro groups is 1. The lowest BCUT2D eigenvalue weighted by atomic mass is 10.1. The Morgan fingerprint density at radius 3 is 2.44 bits per heavy atom. The average molecular weight is 248 g/mol. The van der Waals surface area contributed by atoms with Crippen LogP contribution in [0, 0.1) is 10.1 Å². The van der Waals surface area contributed by atoms with Gasteiger partial charge in [-0.25, -0.2) is 0 Å². The molecule has 0 unspecified atom stereocenters. The van der Waals surface area contributed by atoms with Crippen molar-refractivity contribution in [2.45, 2.75) is 19.4 Å². The fraction of sp³-hybridized carbons (Fsp3) is 0.333. The number of benzene rings is 1. The van der Waals surface area contributed by atoms with Gasteiger partial charge in [0.05, 0.1) is 11.3 Å². The van der Waals surface area contributed by atoms with Gasteiger partial charge in [0.2, 0.25) is 5.91 Å². The maximum atomic E-state index is 11.6. The molecule has 0 radical (unpaired) electrons. The number of nitrogens with zero attached hydrogens (tertiary/aromatic N) is 2. The summed E-state index contributed by atoms with van der Waals surface area (Å²) in [5.74, 6) is -0.204. The number of carbonyl (C=O) groups excluding carboxylic acids is 2. The first kappa shape index (κ1) is 12.2. The van der Waals surface area contributed by atoms with Gasteiger partial charge < -0.3 is 4.90 Å². The fourth-order valence-electron chi connectivity index (χ4n) is 1.86. The van der Waals surface area contributed by atoms with Crippen molar-refractivity contribution < 1.29 is 14.5 Å². The van der Waals surface area contributed by atoms with E-state index in [9.17, 15) is 19.7 Å². The third-order valence-corrected chi connectivity index (χ3v) is 2.88. The highest BCUT2D eigenvalue weighted by atomic mass is 16.6. The van der Waals surface area contributed by atoms with Crippen LogP contribution in [0.4, 0.5) is 5.69 Å². The molecule has 1 aliphatic rings. The Morgan fingerprint density at radius 1 is 1.22 bits per heavy atom. The van der Waals surface area contributed by atoms with E-state index < -0.39 is 4.92 Å². The standard InChI is InChI=1S/C12H12N2O4/c15-11-5-6-13(12(16)7-11)8-9-1-3-10(4-2-9)14(17)18/h1-4H,5-8H2. The Bertz CT molecular complexity index is 495. The molecule has 1 aliphatic heterocycles. The van der Waals surface area contributed by atoms with E-state index >= 15 is 0 Å². The number of non-ortho nitro benzene ring substituents is 1. The monoisotopic (exact) mass is 248 g/mol. The van der Waals surface area contributed by atoms with E-state index in [4.69, 9.17) is 0 Å². The molecule has 18 heavy (non-hydrogen) atoms. The zero-order valence-corrected chi connectivity index (χ0v) is 9.67. The minimum Gasteiger partial charge on any atom is -0.338 e. The van der Waals surface area contributed by atoms with Gasteiger partial charge in [0, 0.05) is 31.6 Å². The van der Waals surface area contributed by atoms with Crippen LogP contribution in [-0.4, -0.2) is 28.1 Å². The second-order valence-corrected chi connectivity index (χ2v) is 4.20. The highest BCUT2D eigenvalue weighted by molar-refractivity contribution is 6.00. The normalized spacial score (nSPS) is 15.9. The van der Waals surface area contributed by atoms with Crippen molar-refractivity contribution in [3.63, 3.8) is 0 Å². The quantitative estimate of drug-likeness (QED) is 0.458. The lowest BCUT2D eigenvalue weighted by molar-refractivity contribution is -0.384. The summed E-state index contributed by atoms with van der Waals surface area (Å²) in [5.41, 5.74) is 0.849. The molecule has 94 valence electrons. The first-order chi connectivity index (χ1) is 8.56.